The SMILES string of the molecule is COc1ccc(OC)c([C@H]2N(Cc3ccc(C)cc3)CCCN2Cc2ccc(F)cc2)c1. The van der Waals surface area contributed by atoms with Crippen molar-refractivity contribution in [3.8, 4) is 11.5 Å². The first-order valence-electron chi connectivity index (χ1n) is 11.1. The second kappa shape index (κ2) is 10.2. The van der Waals surface area contributed by atoms with Gasteiger partial charge >= 0.3 is 0 Å². The number of methoxy groups -OCH3 is 2. The summed E-state index contributed by atoms with van der Waals surface area (Å²) >= 11 is 0. The normalized spacial score (nSPS) is 17.3. The molecular formula is C27H31FN2O2. The zero-order valence-corrected chi connectivity index (χ0v) is 19.1. The molecule has 5 heteroatoms. The zero-order chi connectivity index (χ0) is 22.5. The van der Waals surface area contributed by atoms with E-state index < -0.39 is 0 Å². The van der Waals surface area contributed by atoms with Crippen LogP contribution in [-0.2, 0) is 13.1 Å². The number of benzene rings is 3. The zero-order valence-electron chi connectivity index (χ0n) is 19.1. The first-order chi connectivity index (χ1) is 15.6. The van der Waals surface area contributed by atoms with E-state index in [1.54, 1.807) is 14.2 Å². The molecule has 0 unspecified atom stereocenters. The van der Waals surface area contributed by atoms with Crippen molar-refractivity contribution in [2.24, 2.45) is 0 Å². The van der Waals surface area contributed by atoms with Gasteiger partial charge < -0.3 is 9.47 Å². The van der Waals surface area contributed by atoms with Gasteiger partial charge in [-0.1, -0.05) is 42.0 Å². The highest BCUT2D eigenvalue weighted by atomic mass is 19.1. The summed E-state index contributed by atoms with van der Waals surface area (Å²) in [6.07, 6.45) is 1.08. The van der Waals surface area contributed by atoms with E-state index in [0.717, 1.165) is 55.2 Å². The molecule has 0 radical (unpaired) electrons. The molecule has 1 saturated heterocycles. The van der Waals surface area contributed by atoms with Crippen LogP contribution in [0, 0.1) is 12.7 Å². The molecule has 32 heavy (non-hydrogen) atoms. The van der Waals surface area contributed by atoms with E-state index in [-0.39, 0.29) is 12.0 Å². The quantitative estimate of drug-likeness (QED) is 0.486. The number of ether oxygens (including phenoxy) is 2. The molecule has 3 aromatic carbocycles. The van der Waals surface area contributed by atoms with Crippen molar-refractivity contribution in [1.82, 2.24) is 9.80 Å². The monoisotopic (exact) mass is 434 g/mol. The van der Waals surface area contributed by atoms with Crippen molar-refractivity contribution in [3.63, 3.8) is 0 Å². The predicted molar refractivity (Wildman–Crippen MR) is 125 cm³/mol. The number of hydrogen-bond donors (Lipinski definition) is 0. The van der Waals surface area contributed by atoms with E-state index >= 15 is 0 Å². The molecule has 168 valence electrons. The van der Waals surface area contributed by atoms with Gasteiger partial charge in [0.25, 0.3) is 0 Å². The van der Waals surface area contributed by atoms with E-state index in [1.807, 2.05) is 24.3 Å². The minimum Gasteiger partial charge on any atom is -0.497 e. The molecule has 0 aliphatic carbocycles. The van der Waals surface area contributed by atoms with Crippen LogP contribution in [0.25, 0.3) is 0 Å². The first-order valence-corrected chi connectivity index (χ1v) is 11.1. The lowest BCUT2D eigenvalue weighted by atomic mass is 10.0. The molecule has 0 spiro atoms. The summed E-state index contributed by atoms with van der Waals surface area (Å²) < 4.78 is 24.8. The van der Waals surface area contributed by atoms with Gasteiger partial charge in [-0.3, -0.25) is 9.80 Å². The summed E-state index contributed by atoms with van der Waals surface area (Å²) in [4.78, 5) is 4.94. The molecule has 1 aliphatic rings. The first kappa shape index (κ1) is 22.3. The van der Waals surface area contributed by atoms with Gasteiger partial charge in [-0.25, -0.2) is 4.39 Å². The fourth-order valence-electron chi connectivity index (χ4n) is 4.47. The van der Waals surface area contributed by atoms with Crippen LogP contribution >= 0.6 is 0 Å². The van der Waals surface area contributed by atoms with Crippen molar-refractivity contribution in [3.05, 3.63) is 94.8 Å². The lowest BCUT2D eigenvalue weighted by Gasteiger charge is -2.44. The van der Waals surface area contributed by atoms with Crippen LogP contribution < -0.4 is 9.47 Å². The smallest absolute Gasteiger partial charge is 0.125 e. The predicted octanol–water partition coefficient (Wildman–Crippen LogP) is 5.56. The van der Waals surface area contributed by atoms with Gasteiger partial charge in [0.1, 0.15) is 17.3 Å². The average molecular weight is 435 g/mol. The van der Waals surface area contributed by atoms with Gasteiger partial charge in [0.15, 0.2) is 0 Å². The van der Waals surface area contributed by atoms with Crippen LogP contribution in [-0.4, -0.2) is 37.1 Å². The Bertz CT molecular complexity index is 965. The molecule has 0 amide bonds. The van der Waals surface area contributed by atoms with E-state index in [2.05, 4.69) is 47.1 Å². The second-order valence-electron chi connectivity index (χ2n) is 8.39. The van der Waals surface area contributed by atoms with Gasteiger partial charge in [0.2, 0.25) is 0 Å². The van der Waals surface area contributed by atoms with Crippen LogP contribution in [0.3, 0.4) is 0 Å². The van der Waals surface area contributed by atoms with Crippen molar-refractivity contribution < 1.29 is 13.9 Å². The fourth-order valence-corrected chi connectivity index (χ4v) is 4.47. The topological polar surface area (TPSA) is 24.9 Å². The number of hydrogen-bond acceptors (Lipinski definition) is 4. The van der Waals surface area contributed by atoms with Crippen LogP contribution in [0.1, 0.15) is 34.8 Å². The summed E-state index contributed by atoms with van der Waals surface area (Å²) in [7, 11) is 3.40. The largest absolute Gasteiger partial charge is 0.497 e. The Balaban J connectivity index is 1.71. The van der Waals surface area contributed by atoms with Crippen LogP contribution in [0.2, 0.25) is 0 Å². The average Bonchev–Trinajstić information content (AvgIpc) is 2.82. The van der Waals surface area contributed by atoms with Crippen LogP contribution in [0.15, 0.2) is 66.7 Å². The minimum absolute atomic E-state index is 0.0140. The molecule has 4 nitrogen and oxygen atoms in total. The molecule has 1 atom stereocenters. The van der Waals surface area contributed by atoms with Crippen molar-refractivity contribution >= 4 is 0 Å². The summed E-state index contributed by atoms with van der Waals surface area (Å²) in [5, 5.41) is 0. The molecule has 0 saturated carbocycles. The number of halogens is 1. The molecule has 1 heterocycles. The Morgan fingerprint density at radius 3 is 1.97 bits per heavy atom. The maximum Gasteiger partial charge on any atom is 0.125 e. The third kappa shape index (κ3) is 5.12. The standard InChI is InChI=1S/C27H31FN2O2/c1-20-5-7-21(8-6-20)18-29-15-4-16-30(19-22-9-11-23(28)12-10-22)27(29)25-17-24(31-2)13-14-26(25)32-3/h5-14,17,27H,4,15-16,18-19H2,1-3H3/t27-/m0/s1. The third-order valence-electron chi connectivity index (χ3n) is 6.10. The van der Waals surface area contributed by atoms with E-state index in [0.29, 0.717) is 0 Å². The Hall–Kier alpha value is -2.89. The molecule has 3 aromatic rings. The Morgan fingerprint density at radius 1 is 0.812 bits per heavy atom. The number of nitrogens with zero attached hydrogens (tertiary/aromatic N) is 2. The Kier molecular flexibility index (Phi) is 7.08. The van der Waals surface area contributed by atoms with E-state index in [1.165, 1.54) is 23.3 Å². The molecule has 0 bridgehead atoms. The Labute approximate surface area is 190 Å². The van der Waals surface area contributed by atoms with Crippen molar-refractivity contribution in [2.75, 3.05) is 27.3 Å². The number of rotatable bonds is 7. The van der Waals surface area contributed by atoms with Gasteiger partial charge in [0.05, 0.1) is 20.4 Å². The second-order valence-corrected chi connectivity index (χ2v) is 8.39. The molecule has 4 rings (SSSR count). The number of aryl methyl sites for hydroxylation is 1. The molecule has 0 aromatic heterocycles. The summed E-state index contributed by atoms with van der Waals surface area (Å²) in [5.41, 5.74) is 4.72. The lowest BCUT2D eigenvalue weighted by molar-refractivity contribution is -0.0104. The minimum atomic E-state index is -0.209. The van der Waals surface area contributed by atoms with Gasteiger partial charge in [-0.15, -0.1) is 0 Å². The fraction of sp³-hybridized carbons (Fsp3) is 0.333. The third-order valence-corrected chi connectivity index (χ3v) is 6.10. The Morgan fingerprint density at radius 2 is 1.41 bits per heavy atom. The molecular weight excluding hydrogens is 403 g/mol. The highest BCUT2D eigenvalue weighted by molar-refractivity contribution is 5.42. The molecule has 1 aliphatic heterocycles. The highest BCUT2D eigenvalue weighted by Gasteiger charge is 2.33. The molecule has 0 N–H and O–H groups in total. The van der Waals surface area contributed by atoms with Crippen LogP contribution in [0.5, 0.6) is 11.5 Å². The summed E-state index contributed by atoms with van der Waals surface area (Å²) in [5.74, 6) is 1.44. The van der Waals surface area contributed by atoms with E-state index in [9.17, 15) is 4.39 Å². The van der Waals surface area contributed by atoms with E-state index in [4.69, 9.17) is 9.47 Å². The van der Waals surface area contributed by atoms with Gasteiger partial charge in [-0.2, -0.15) is 0 Å². The van der Waals surface area contributed by atoms with Crippen molar-refractivity contribution in [1.29, 1.82) is 0 Å². The van der Waals surface area contributed by atoms with Crippen LogP contribution in [0.4, 0.5) is 4.39 Å². The van der Waals surface area contributed by atoms with Gasteiger partial charge in [-0.05, 0) is 54.8 Å². The molecule has 1 fully saturated rings. The van der Waals surface area contributed by atoms with Crippen molar-refractivity contribution in [2.45, 2.75) is 32.6 Å². The summed E-state index contributed by atoms with van der Waals surface area (Å²) in [6, 6.07) is 21.5. The maximum absolute atomic E-state index is 13.5. The lowest BCUT2D eigenvalue weighted by Crippen LogP contribution is -2.47. The summed E-state index contributed by atoms with van der Waals surface area (Å²) in [6.45, 7) is 5.62. The van der Waals surface area contributed by atoms with Gasteiger partial charge in [0, 0.05) is 31.7 Å². The maximum atomic E-state index is 13.5. The highest BCUT2D eigenvalue weighted by Crippen LogP contribution is 2.38.